The van der Waals surface area contributed by atoms with Crippen molar-refractivity contribution >= 4 is 41.9 Å². The van der Waals surface area contributed by atoms with Gasteiger partial charge in [-0.25, -0.2) is 19.2 Å². The minimum absolute atomic E-state index is 0.0334. The van der Waals surface area contributed by atoms with Gasteiger partial charge >= 0.3 is 36.1 Å². The van der Waals surface area contributed by atoms with Crippen LogP contribution in [-0.4, -0.2) is 119 Å². The van der Waals surface area contributed by atoms with E-state index < -0.39 is 142 Å². The van der Waals surface area contributed by atoms with Crippen molar-refractivity contribution in [3.05, 3.63) is 47.2 Å². The van der Waals surface area contributed by atoms with Crippen LogP contribution in [0, 0.1) is 28.1 Å². The van der Waals surface area contributed by atoms with Gasteiger partial charge in [-0.2, -0.15) is 0 Å². The quantitative estimate of drug-likeness (QED) is 0.262. The Balaban J connectivity index is 1.55. The fourth-order valence-corrected chi connectivity index (χ4v) is 9.88. The maximum absolute atomic E-state index is 15.5. The summed E-state index contributed by atoms with van der Waals surface area (Å²) in [7, 11) is 1.06. The van der Waals surface area contributed by atoms with Crippen LogP contribution in [0.2, 0.25) is 0 Å². The third-order valence-electron chi connectivity index (χ3n) is 13.3. The number of cyclic esters (lactones) is 1. The number of aliphatic hydroxyl groups excluding tert-OH is 1. The molecule has 18 heteroatoms. The Kier molecular flexibility index (Phi) is 11.5. The van der Waals surface area contributed by atoms with Crippen molar-refractivity contribution in [1.29, 1.82) is 0 Å². The second-order valence-electron chi connectivity index (χ2n) is 18.9. The molecule has 1 amide bonds. The van der Waals surface area contributed by atoms with Gasteiger partial charge in [0.15, 0.2) is 11.4 Å². The number of carbonyl (C=O) groups is 7. The van der Waals surface area contributed by atoms with Gasteiger partial charge in [0, 0.05) is 31.1 Å². The van der Waals surface area contributed by atoms with Crippen molar-refractivity contribution < 1.29 is 81.7 Å². The van der Waals surface area contributed by atoms with Crippen molar-refractivity contribution in [1.82, 2.24) is 5.32 Å². The molecule has 2 aliphatic heterocycles. The molecule has 3 aliphatic carbocycles. The molecule has 2 saturated heterocycles. The molecule has 334 valence electrons. The molecule has 4 fully saturated rings. The normalized spacial score (nSPS) is 36.0. The summed E-state index contributed by atoms with van der Waals surface area (Å²) in [5, 5.41) is 28.3. The molecule has 0 radical (unpaired) electrons. The Labute approximate surface area is 352 Å². The number of rotatable bonds is 7. The van der Waals surface area contributed by atoms with Gasteiger partial charge < -0.3 is 53.4 Å². The van der Waals surface area contributed by atoms with Gasteiger partial charge in [-0.1, -0.05) is 39.0 Å². The zero-order chi connectivity index (χ0) is 45.4. The van der Waals surface area contributed by atoms with Crippen LogP contribution in [0.5, 0.6) is 0 Å². The maximum Gasteiger partial charge on any atom is 0.508 e. The van der Waals surface area contributed by atoms with E-state index in [2.05, 4.69) is 5.32 Å². The molecule has 18 nitrogen and oxygen atoms in total. The Hall–Kier alpha value is -5.07. The van der Waals surface area contributed by atoms with E-state index in [0.29, 0.717) is 0 Å². The van der Waals surface area contributed by atoms with Crippen molar-refractivity contribution in [3.63, 3.8) is 0 Å². The molecule has 61 heavy (non-hydrogen) atoms. The van der Waals surface area contributed by atoms with Crippen molar-refractivity contribution in [2.45, 2.75) is 135 Å². The Morgan fingerprint density at radius 1 is 0.967 bits per heavy atom. The lowest BCUT2D eigenvalue weighted by Gasteiger charge is -2.67. The number of esters is 4. The number of benzene rings is 1. The van der Waals surface area contributed by atoms with Gasteiger partial charge in [-0.15, -0.1) is 0 Å². The summed E-state index contributed by atoms with van der Waals surface area (Å²) in [4.78, 5) is 96.3. The highest BCUT2D eigenvalue weighted by Gasteiger charge is 2.78. The molecule has 6 rings (SSSR count). The second-order valence-corrected chi connectivity index (χ2v) is 18.9. The number of alkyl carbamates (subject to hydrolysis) is 1. The largest absolute Gasteiger partial charge is 0.508 e. The monoisotopic (exact) mass is 857 g/mol. The summed E-state index contributed by atoms with van der Waals surface area (Å²) in [6.07, 6.45) is -10.8. The van der Waals surface area contributed by atoms with E-state index in [-0.39, 0.29) is 17.6 Å². The second kappa shape index (κ2) is 15.4. The zero-order valence-electron chi connectivity index (χ0n) is 36.1. The molecule has 1 aromatic carbocycles. The van der Waals surface area contributed by atoms with Crippen LogP contribution >= 0.6 is 0 Å². The summed E-state index contributed by atoms with van der Waals surface area (Å²) >= 11 is 0. The highest BCUT2D eigenvalue weighted by atomic mass is 16.8. The topological polar surface area (TPSA) is 246 Å². The number of nitrogens with one attached hydrogen (secondary N) is 1. The predicted octanol–water partition coefficient (Wildman–Crippen LogP) is 3.47. The number of hydrogen-bond donors (Lipinski definition) is 3. The number of hydrogen-bond acceptors (Lipinski definition) is 17. The number of fused-ring (bicyclic) bond motifs is 5. The summed E-state index contributed by atoms with van der Waals surface area (Å²) in [6.45, 7) is 14.4. The number of ketones is 1. The molecular formula is C43H55NO17. The molecule has 2 saturated carbocycles. The number of methoxy groups -OCH3 is 1. The van der Waals surface area contributed by atoms with Gasteiger partial charge in [-0.3, -0.25) is 14.4 Å². The maximum atomic E-state index is 15.5. The molecule has 11 atom stereocenters. The van der Waals surface area contributed by atoms with E-state index in [9.17, 15) is 39.0 Å². The van der Waals surface area contributed by atoms with E-state index in [1.807, 2.05) is 0 Å². The van der Waals surface area contributed by atoms with Crippen molar-refractivity contribution in [3.8, 4) is 0 Å². The first-order chi connectivity index (χ1) is 28.2. The highest BCUT2D eigenvalue weighted by molar-refractivity contribution is 6.02. The van der Waals surface area contributed by atoms with Crippen LogP contribution in [0.1, 0.15) is 92.4 Å². The summed E-state index contributed by atoms with van der Waals surface area (Å²) in [5.74, 6) is -8.15. The number of amides is 1. The molecule has 0 spiro atoms. The van der Waals surface area contributed by atoms with Gasteiger partial charge in [-0.05, 0) is 59.2 Å². The lowest BCUT2D eigenvalue weighted by atomic mass is 9.45. The molecule has 2 bridgehead atoms. The molecule has 0 aromatic heterocycles. The van der Waals surface area contributed by atoms with Crippen molar-refractivity contribution in [2.75, 3.05) is 13.7 Å². The Bertz CT molecular complexity index is 2040. The summed E-state index contributed by atoms with van der Waals surface area (Å²) in [6, 6.07) is 6.43. The van der Waals surface area contributed by atoms with Crippen LogP contribution in [0.15, 0.2) is 41.7 Å². The average Bonchev–Trinajstić information content (AvgIpc) is 3.38. The van der Waals surface area contributed by atoms with E-state index in [1.54, 1.807) is 45.9 Å². The van der Waals surface area contributed by atoms with Gasteiger partial charge in [0.2, 0.25) is 11.9 Å². The van der Waals surface area contributed by atoms with E-state index in [4.69, 9.17) is 37.9 Å². The smallest absolute Gasteiger partial charge is 0.459 e. The van der Waals surface area contributed by atoms with Crippen molar-refractivity contribution in [2.24, 2.45) is 28.1 Å². The van der Waals surface area contributed by atoms with E-state index in [0.717, 1.165) is 14.0 Å². The molecule has 1 aromatic rings. The van der Waals surface area contributed by atoms with Crippen LogP contribution in [-0.2, 0) is 57.1 Å². The third-order valence-corrected chi connectivity index (χ3v) is 13.3. The van der Waals surface area contributed by atoms with Gasteiger partial charge in [0.05, 0.1) is 48.2 Å². The SMILES string of the molecule is COC(=O)O[C@@]12CO[C@@H]1CC(O)[C@@]1(C)C(=O)C(OC(C)=O)=C3C(C)[C@H](OC(=O)C4OC(=O)C(C)(C)[C@@H]4NC(=O)OC(C)(C)C)C[C@@](O)([C@@H](OC(=O)c4ccccc4)C12)C3(C)C. The number of carbonyl (C=O) groups excluding carboxylic acids is 7. The standard InChI is InChI=1S/C43H55NO17/c1-20-23(57-34(49)28-30(39(6,7)35(50)58-28)44-36(51)60-38(3,4)5)18-43(53)32(59-33(48)22-15-13-12-14-16-22)29-41(10,31(47)27(56-21(2)45)26(20)40(43,8)9)24(46)17-25-42(29,19-55-25)61-37(52)54-11/h12-16,20,23-25,28-30,32,46,53H,17-19H2,1-11H3,(H,44,51)/t20?,23-,24?,25-,28?,29?,30-,32+,41-,42+,43-/m1/s1. The molecule has 4 unspecified atom stereocenters. The molecule has 2 heterocycles. The average molecular weight is 858 g/mol. The van der Waals surface area contributed by atoms with Crippen LogP contribution in [0.25, 0.3) is 0 Å². The van der Waals surface area contributed by atoms with Crippen LogP contribution in [0.3, 0.4) is 0 Å². The fraction of sp³-hybridized carbons (Fsp3) is 0.651. The van der Waals surface area contributed by atoms with Crippen LogP contribution in [0.4, 0.5) is 9.59 Å². The lowest BCUT2D eigenvalue weighted by molar-refractivity contribution is -0.343. The number of allylic oxidation sites excluding steroid dienone is 1. The first-order valence-electron chi connectivity index (χ1n) is 20.1. The number of ether oxygens (including phenoxy) is 8. The van der Waals surface area contributed by atoms with E-state index in [1.165, 1.54) is 46.8 Å². The van der Waals surface area contributed by atoms with E-state index >= 15 is 4.79 Å². The fourth-order valence-electron chi connectivity index (χ4n) is 9.88. The molecular weight excluding hydrogens is 802 g/mol. The minimum atomic E-state index is -2.44. The molecule has 5 aliphatic rings. The Morgan fingerprint density at radius 3 is 2.16 bits per heavy atom. The first kappa shape index (κ1) is 45.5. The lowest BCUT2D eigenvalue weighted by Crippen LogP contribution is -2.81. The molecule has 3 N–H and O–H groups in total. The first-order valence-corrected chi connectivity index (χ1v) is 20.1. The van der Waals surface area contributed by atoms with Gasteiger partial charge in [0.25, 0.3) is 0 Å². The van der Waals surface area contributed by atoms with Gasteiger partial charge in [0.1, 0.15) is 29.5 Å². The van der Waals surface area contributed by atoms with Crippen LogP contribution < -0.4 is 5.32 Å². The number of Topliss-reactive ketones (excluding diaryl/α,β-unsaturated/α-hetero) is 1. The highest BCUT2D eigenvalue weighted by Crippen LogP contribution is 2.65. The third kappa shape index (κ3) is 7.33. The number of aliphatic hydroxyl groups is 2. The minimum Gasteiger partial charge on any atom is -0.459 e. The summed E-state index contributed by atoms with van der Waals surface area (Å²) < 4.78 is 45.9. The Morgan fingerprint density at radius 2 is 1.61 bits per heavy atom. The zero-order valence-corrected chi connectivity index (χ0v) is 36.1. The summed E-state index contributed by atoms with van der Waals surface area (Å²) in [5.41, 5.74) is -10.6. The predicted molar refractivity (Wildman–Crippen MR) is 207 cm³/mol.